The normalized spacial score (nSPS) is 20.4. The van der Waals surface area contributed by atoms with Gasteiger partial charge in [0.2, 0.25) is 0 Å². The highest BCUT2D eigenvalue weighted by Crippen LogP contribution is 2.35. The van der Waals surface area contributed by atoms with Gasteiger partial charge in [-0.1, -0.05) is 18.2 Å². The van der Waals surface area contributed by atoms with Crippen molar-refractivity contribution >= 4 is 12.0 Å². The third-order valence-corrected chi connectivity index (χ3v) is 5.64. The molecule has 2 aromatic carbocycles. The largest absolute Gasteiger partial charge is 0.508 e. The van der Waals surface area contributed by atoms with Crippen LogP contribution in [0.25, 0.3) is 0 Å². The molecule has 2 amide bonds. The summed E-state index contributed by atoms with van der Waals surface area (Å²) in [5.74, 6) is 0.843. The first-order valence-electron chi connectivity index (χ1n) is 10.5. The van der Waals surface area contributed by atoms with Crippen LogP contribution in [-0.4, -0.2) is 47.3 Å². The first kappa shape index (κ1) is 21.0. The third kappa shape index (κ3) is 4.76. The molecular formula is C24H28N2O5. The number of phenols is 1. The number of rotatable bonds is 4. The Labute approximate surface area is 182 Å². The molecular weight excluding hydrogens is 396 g/mol. The molecule has 0 radical (unpaired) electrons. The van der Waals surface area contributed by atoms with E-state index >= 15 is 0 Å². The average molecular weight is 424 g/mol. The van der Waals surface area contributed by atoms with Crippen molar-refractivity contribution in [2.75, 3.05) is 19.7 Å². The molecule has 31 heavy (non-hydrogen) atoms. The zero-order valence-corrected chi connectivity index (χ0v) is 18.1. The molecule has 2 aliphatic heterocycles. The molecule has 2 atom stereocenters. The molecule has 7 heteroatoms. The van der Waals surface area contributed by atoms with E-state index in [1.54, 1.807) is 23.1 Å². The molecule has 7 nitrogen and oxygen atoms in total. The average Bonchev–Trinajstić information content (AvgIpc) is 3.30. The molecule has 0 saturated carbocycles. The first-order valence-corrected chi connectivity index (χ1v) is 10.5. The second-order valence-electron chi connectivity index (χ2n) is 9.16. The summed E-state index contributed by atoms with van der Waals surface area (Å²) in [5.41, 5.74) is 2.08. The lowest BCUT2D eigenvalue weighted by Crippen LogP contribution is -2.35. The zero-order valence-electron chi connectivity index (χ0n) is 18.1. The molecule has 0 spiro atoms. The van der Waals surface area contributed by atoms with Gasteiger partial charge in [-0.25, -0.2) is 4.79 Å². The summed E-state index contributed by atoms with van der Waals surface area (Å²) >= 11 is 0. The molecule has 1 fully saturated rings. The van der Waals surface area contributed by atoms with Gasteiger partial charge in [0, 0.05) is 37.0 Å². The molecule has 2 aromatic rings. The van der Waals surface area contributed by atoms with E-state index in [1.165, 1.54) is 0 Å². The molecule has 0 aromatic heterocycles. The number of phenolic OH excluding ortho intramolecular Hbond substituents is 1. The van der Waals surface area contributed by atoms with Gasteiger partial charge in [-0.2, -0.15) is 0 Å². The van der Waals surface area contributed by atoms with Crippen LogP contribution in [0.2, 0.25) is 0 Å². The summed E-state index contributed by atoms with van der Waals surface area (Å²) < 4.78 is 11.6. The molecule has 2 aliphatic rings. The summed E-state index contributed by atoms with van der Waals surface area (Å²) in [6.07, 6.45) is -0.340. The van der Waals surface area contributed by atoms with Crippen molar-refractivity contribution in [3.8, 4) is 11.5 Å². The van der Waals surface area contributed by atoms with Crippen LogP contribution in [0.3, 0.4) is 0 Å². The Morgan fingerprint density at radius 1 is 1.16 bits per heavy atom. The summed E-state index contributed by atoms with van der Waals surface area (Å²) in [6.45, 7) is 7.51. The molecule has 164 valence electrons. The molecule has 4 rings (SSSR count). The van der Waals surface area contributed by atoms with Crippen molar-refractivity contribution in [3.63, 3.8) is 0 Å². The summed E-state index contributed by atoms with van der Waals surface area (Å²) in [6, 6.07) is 12.6. The Morgan fingerprint density at radius 2 is 1.90 bits per heavy atom. The highest BCUT2D eigenvalue weighted by Gasteiger charge is 2.38. The lowest BCUT2D eigenvalue weighted by molar-refractivity contribution is 0.0283. The first-order chi connectivity index (χ1) is 14.7. The van der Waals surface area contributed by atoms with Crippen molar-refractivity contribution < 1.29 is 24.2 Å². The van der Waals surface area contributed by atoms with E-state index in [9.17, 15) is 14.7 Å². The topological polar surface area (TPSA) is 88.1 Å². The summed E-state index contributed by atoms with van der Waals surface area (Å²) in [4.78, 5) is 26.3. The van der Waals surface area contributed by atoms with Crippen LogP contribution >= 0.6 is 0 Å². The van der Waals surface area contributed by atoms with E-state index in [1.807, 2.05) is 45.0 Å². The maximum atomic E-state index is 12.7. The molecule has 0 bridgehead atoms. The van der Waals surface area contributed by atoms with Gasteiger partial charge < -0.3 is 24.8 Å². The molecule has 0 unspecified atom stereocenters. The van der Waals surface area contributed by atoms with Gasteiger partial charge in [-0.05, 0) is 56.2 Å². The van der Waals surface area contributed by atoms with Crippen molar-refractivity contribution in [2.24, 2.45) is 5.92 Å². The van der Waals surface area contributed by atoms with E-state index in [-0.39, 0.29) is 29.6 Å². The minimum absolute atomic E-state index is 0.0409. The fourth-order valence-electron chi connectivity index (χ4n) is 4.10. The van der Waals surface area contributed by atoms with Gasteiger partial charge in [0.05, 0.1) is 6.61 Å². The van der Waals surface area contributed by atoms with E-state index in [2.05, 4.69) is 5.32 Å². The maximum Gasteiger partial charge on any atom is 0.410 e. The van der Waals surface area contributed by atoms with E-state index < -0.39 is 5.60 Å². The molecule has 0 aliphatic carbocycles. The SMILES string of the molecule is CC(C)(C)OC(=O)N1C[C@H](COc2ccc3c(c2)C(=O)NC3)[C@H](c2ccc(O)cc2)C1. The van der Waals surface area contributed by atoms with Gasteiger partial charge in [0.25, 0.3) is 5.91 Å². The fourth-order valence-corrected chi connectivity index (χ4v) is 4.10. The van der Waals surface area contributed by atoms with Crippen LogP contribution in [0.4, 0.5) is 4.79 Å². The van der Waals surface area contributed by atoms with Crippen LogP contribution in [0, 0.1) is 5.92 Å². The van der Waals surface area contributed by atoms with Gasteiger partial charge in [-0.3, -0.25) is 4.79 Å². The van der Waals surface area contributed by atoms with Crippen LogP contribution < -0.4 is 10.1 Å². The standard InChI is InChI=1S/C24H28N2O5/c1-24(2,3)31-23(29)26-12-17(21(13-26)15-4-7-18(27)8-5-15)14-30-19-9-6-16-11-25-22(28)20(16)10-19/h4-10,17,21,27H,11-14H2,1-3H3,(H,25,28)/t17-,21+/m1/s1. The number of fused-ring (bicyclic) bond motifs is 1. The van der Waals surface area contributed by atoms with E-state index in [0.717, 1.165) is 11.1 Å². The van der Waals surface area contributed by atoms with Crippen LogP contribution in [0.5, 0.6) is 11.5 Å². The predicted molar refractivity (Wildman–Crippen MR) is 115 cm³/mol. The number of benzene rings is 2. The van der Waals surface area contributed by atoms with Crippen molar-refractivity contribution in [2.45, 2.75) is 38.8 Å². The van der Waals surface area contributed by atoms with Gasteiger partial charge in [-0.15, -0.1) is 0 Å². The predicted octanol–water partition coefficient (Wildman–Crippen LogP) is 3.67. The van der Waals surface area contributed by atoms with Gasteiger partial charge >= 0.3 is 6.09 Å². The van der Waals surface area contributed by atoms with Crippen LogP contribution in [0.1, 0.15) is 48.2 Å². The molecule has 2 heterocycles. The second kappa shape index (κ2) is 8.13. The number of hydrogen-bond donors (Lipinski definition) is 2. The Balaban J connectivity index is 1.50. The van der Waals surface area contributed by atoms with Gasteiger partial charge in [0.1, 0.15) is 17.1 Å². The quantitative estimate of drug-likeness (QED) is 0.782. The number of amides is 2. The third-order valence-electron chi connectivity index (χ3n) is 5.64. The van der Waals surface area contributed by atoms with Crippen molar-refractivity contribution in [1.29, 1.82) is 0 Å². The zero-order chi connectivity index (χ0) is 22.2. The molecule has 1 saturated heterocycles. The lowest BCUT2D eigenvalue weighted by Gasteiger charge is -2.24. The van der Waals surface area contributed by atoms with E-state index in [4.69, 9.17) is 9.47 Å². The second-order valence-corrected chi connectivity index (χ2v) is 9.16. The van der Waals surface area contributed by atoms with Crippen molar-refractivity contribution in [3.05, 3.63) is 59.2 Å². The smallest absolute Gasteiger partial charge is 0.410 e. The van der Waals surface area contributed by atoms with E-state index in [0.29, 0.717) is 37.6 Å². The van der Waals surface area contributed by atoms with Crippen molar-refractivity contribution in [1.82, 2.24) is 10.2 Å². The summed E-state index contributed by atoms with van der Waals surface area (Å²) in [7, 11) is 0. The number of hydrogen-bond acceptors (Lipinski definition) is 5. The Bertz CT molecular complexity index is 980. The number of carbonyl (C=O) groups is 2. The number of carbonyl (C=O) groups excluding carboxylic acids is 2. The minimum Gasteiger partial charge on any atom is -0.508 e. The fraction of sp³-hybridized carbons (Fsp3) is 0.417. The number of nitrogens with one attached hydrogen (secondary N) is 1. The Hall–Kier alpha value is -3.22. The summed E-state index contributed by atoms with van der Waals surface area (Å²) in [5, 5.41) is 12.4. The monoisotopic (exact) mass is 424 g/mol. The Kier molecular flexibility index (Phi) is 5.52. The number of ether oxygens (including phenoxy) is 2. The van der Waals surface area contributed by atoms with Crippen LogP contribution in [-0.2, 0) is 11.3 Å². The van der Waals surface area contributed by atoms with Crippen LogP contribution in [0.15, 0.2) is 42.5 Å². The molecule has 2 N–H and O–H groups in total. The number of aromatic hydroxyl groups is 1. The maximum absolute atomic E-state index is 12.7. The van der Waals surface area contributed by atoms with Gasteiger partial charge in [0.15, 0.2) is 0 Å². The lowest BCUT2D eigenvalue weighted by atomic mass is 9.89. The highest BCUT2D eigenvalue weighted by atomic mass is 16.6. The minimum atomic E-state index is -0.565. The number of nitrogens with zero attached hydrogens (tertiary/aromatic N) is 1. The Morgan fingerprint density at radius 3 is 2.61 bits per heavy atom. The highest BCUT2D eigenvalue weighted by molar-refractivity contribution is 5.98. The number of likely N-dealkylation sites (tertiary alicyclic amines) is 1.